The quantitative estimate of drug-likeness (QED) is 0.439. The molecule has 0 radical (unpaired) electrons. The predicted molar refractivity (Wildman–Crippen MR) is 150 cm³/mol. The summed E-state index contributed by atoms with van der Waals surface area (Å²) in [6.07, 6.45) is 12.2. The van der Waals surface area contributed by atoms with Gasteiger partial charge in [-0.25, -0.2) is 0 Å². The van der Waals surface area contributed by atoms with E-state index in [1.54, 1.807) is 11.8 Å². The van der Waals surface area contributed by atoms with Gasteiger partial charge in [-0.15, -0.1) is 0 Å². The van der Waals surface area contributed by atoms with Crippen molar-refractivity contribution in [3.8, 4) is 11.5 Å². The Labute approximate surface area is 226 Å². The second-order valence-corrected chi connectivity index (χ2v) is 9.08. The molecule has 0 N–H and O–H groups in total. The third-order valence-electron chi connectivity index (χ3n) is 6.42. The van der Waals surface area contributed by atoms with E-state index in [4.69, 9.17) is 25.8 Å². The van der Waals surface area contributed by atoms with E-state index in [-0.39, 0.29) is 5.91 Å². The average Bonchev–Trinajstić information content (AvgIpc) is 3.25. The van der Waals surface area contributed by atoms with Gasteiger partial charge in [-0.2, -0.15) is 0 Å². The maximum atomic E-state index is 10.7. The number of amides is 1. The molecule has 0 spiro atoms. The number of allylic oxidation sites excluding steroid dienone is 5. The minimum absolute atomic E-state index is 0.151. The molecule has 2 aromatic rings. The first-order chi connectivity index (χ1) is 18.0. The fourth-order valence-corrected chi connectivity index (χ4v) is 4.68. The first-order valence-electron chi connectivity index (χ1n) is 13.1. The summed E-state index contributed by atoms with van der Waals surface area (Å²) in [4.78, 5) is 12.5. The summed E-state index contributed by atoms with van der Waals surface area (Å²) in [5.41, 5.74) is 2.93. The standard InChI is InChI=1S/C23H21ClO2.C6H11NO2.C2H6/c1-2-17-9-7-8-12-20(17)23(18-10-5-3-4-6-11-18)16-25-21-14-13-19(24)15-22(21)26-23;1-6(8)7-2-4-9-5-3-7;1-2/h3-10,12-15H,2,11,16H2,1H3;2-5H2,1H3;1-2H3. The van der Waals surface area contributed by atoms with Crippen LogP contribution in [0.3, 0.4) is 0 Å². The van der Waals surface area contributed by atoms with Crippen LogP contribution in [-0.2, 0) is 21.6 Å². The lowest BCUT2D eigenvalue weighted by Crippen LogP contribution is -2.44. The third kappa shape index (κ3) is 7.06. The molecule has 0 bridgehead atoms. The van der Waals surface area contributed by atoms with Gasteiger partial charge in [0.1, 0.15) is 6.61 Å². The zero-order valence-corrected chi connectivity index (χ0v) is 23.1. The number of morpholine rings is 1. The highest BCUT2D eigenvalue weighted by Crippen LogP contribution is 2.46. The van der Waals surface area contributed by atoms with E-state index >= 15 is 0 Å². The smallest absolute Gasteiger partial charge is 0.219 e. The van der Waals surface area contributed by atoms with Crippen LogP contribution in [0, 0.1) is 0 Å². The molecular weight excluding hydrogens is 486 g/mol. The van der Waals surface area contributed by atoms with Gasteiger partial charge in [0, 0.05) is 36.7 Å². The molecule has 0 aromatic heterocycles. The molecule has 6 heteroatoms. The van der Waals surface area contributed by atoms with Gasteiger partial charge >= 0.3 is 0 Å². The zero-order chi connectivity index (χ0) is 26.7. The summed E-state index contributed by atoms with van der Waals surface area (Å²) in [7, 11) is 0. The number of hydrogen-bond donors (Lipinski definition) is 0. The highest BCUT2D eigenvalue weighted by Gasteiger charge is 2.44. The summed E-state index contributed by atoms with van der Waals surface area (Å²) < 4.78 is 17.9. The molecule has 37 heavy (non-hydrogen) atoms. The summed E-state index contributed by atoms with van der Waals surface area (Å²) in [5, 5.41) is 0.640. The van der Waals surface area contributed by atoms with Crippen molar-refractivity contribution in [2.75, 3.05) is 32.9 Å². The predicted octanol–water partition coefficient (Wildman–Crippen LogP) is 6.90. The Hall–Kier alpha value is -3.02. The van der Waals surface area contributed by atoms with Crippen LogP contribution in [0.4, 0.5) is 0 Å². The summed E-state index contributed by atoms with van der Waals surface area (Å²) >= 11 is 6.21. The largest absolute Gasteiger partial charge is 0.485 e. The Bertz CT molecular complexity index is 1130. The number of nitrogens with zero attached hydrogens (tertiary/aromatic N) is 1. The minimum atomic E-state index is -0.663. The molecule has 2 aliphatic heterocycles. The van der Waals surface area contributed by atoms with Crippen molar-refractivity contribution in [2.24, 2.45) is 0 Å². The van der Waals surface area contributed by atoms with Crippen LogP contribution in [0.5, 0.6) is 11.5 Å². The molecule has 0 saturated carbocycles. The highest BCUT2D eigenvalue weighted by atomic mass is 35.5. The summed E-state index contributed by atoms with van der Waals surface area (Å²) in [6.45, 7) is 11.1. The third-order valence-corrected chi connectivity index (χ3v) is 6.66. The lowest BCUT2D eigenvalue weighted by molar-refractivity contribution is -0.132. The van der Waals surface area contributed by atoms with E-state index in [0.717, 1.165) is 37.2 Å². The first-order valence-corrected chi connectivity index (χ1v) is 13.5. The number of rotatable bonds is 3. The fourth-order valence-electron chi connectivity index (χ4n) is 4.52. The molecule has 1 atom stereocenters. The fraction of sp³-hybridized carbons (Fsp3) is 0.387. The lowest BCUT2D eigenvalue weighted by atomic mass is 9.80. The van der Waals surface area contributed by atoms with Crippen molar-refractivity contribution < 1.29 is 19.0 Å². The van der Waals surface area contributed by atoms with E-state index in [0.29, 0.717) is 30.6 Å². The normalized spacial score (nSPS) is 19.9. The van der Waals surface area contributed by atoms with Gasteiger partial charge < -0.3 is 19.1 Å². The number of aryl methyl sites for hydroxylation is 1. The Balaban J connectivity index is 0.000000291. The van der Waals surface area contributed by atoms with E-state index in [9.17, 15) is 4.79 Å². The van der Waals surface area contributed by atoms with Crippen LogP contribution in [0.2, 0.25) is 5.02 Å². The van der Waals surface area contributed by atoms with Crippen LogP contribution < -0.4 is 9.47 Å². The molecule has 2 heterocycles. The lowest BCUT2D eigenvalue weighted by Gasteiger charge is -2.41. The van der Waals surface area contributed by atoms with E-state index in [1.807, 2.05) is 38.1 Å². The topological polar surface area (TPSA) is 48.0 Å². The van der Waals surface area contributed by atoms with Crippen LogP contribution in [-0.4, -0.2) is 43.7 Å². The number of carbonyl (C=O) groups is 1. The molecule has 1 saturated heterocycles. The minimum Gasteiger partial charge on any atom is -0.485 e. The molecule has 5 rings (SSSR count). The SMILES string of the molecule is CC.CC(=O)N1CCOCC1.CCc1ccccc1C1(C2=CC=CC=CC2)COc2ccc(Cl)cc2O1. The molecular formula is C31H38ClNO4. The van der Waals surface area contributed by atoms with Crippen LogP contribution in [0.15, 0.2) is 78.4 Å². The van der Waals surface area contributed by atoms with Gasteiger partial charge in [0.15, 0.2) is 17.1 Å². The van der Waals surface area contributed by atoms with E-state index in [1.165, 1.54) is 11.1 Å². The molecule has 1 unspecified atom stereocenters. The van der Waals surface area contributed by atoms with Gasteiger partial charge in [-0.1, -0.05) is 87.0 Å². The van der Waals surface area contributed by atoms with Crippen molar-refractivity contribution in [3.05, 3.63) is 94.6 Å². The van der Waals surface area contributed by atoms with Gasteiger partial charge in [0.05, 0.1) is 13.2 Å². The first kappa shape index (κ1) is 28.5. The Morgan fingerprint density at radius 2 is 1.78 bits per heavy atom. The Morgan fingerprint density at radius 3 is 2.49 bits per heavy atom. The Kier molecular flexibility index (Phi) is 10.8. The van der Waals surface area contributed by atoms with Gasteiger partial charge in [0.25, 0.3) is 0 Å². The number of carbonyl (C=O) groups excluding carboxylic acids is 1. The van der Waals surface area contributed by atoms with Crippen molar-refractivity contribution in [3.63, 3.8) is 0 Å². The Morgan fingerprint density at radius 1 is 1.03 bits per heavy atom. The van der Waals surface area contributed by atoms with Gasteiger partial charge in [-0.05, 0) is 36.1 Å². The van der Waals surface area contributed by atoms with Crippen molar-refractivity contribution in [2.45, 2.75) is 46.1 Å². The summed E-state index contributed by atoms with van der Waals surface area (Å²) in [6, 6.07) is 14.0. The number of benzene rings is 2. The second-order valence-electron chi connectivity index (χ2n) is 8.65. The molecule has 3 aliphatic rings. The summed E-state index contributed by atoms with van der Waals surface area (Å²) in [5.74, 6) is 1.57. The second kappa shape index (κ2) is 14.1. The zero-order valence-electron chi connectivity index (χ0n) is 22.3. The number of fused-ring (bicyclic) bond motifs is 1. The van der Waals surface area contributed by atoms with Crippen molar-refractivity contribution >= 4 is 17.5 Å². The highest BCUT2D eigenvalue weighted by molar-refractivity contribution is 6.30. The van der Waals surface area contributed by atoms with E-state index in [2.05, 4.69) is 55.5 Å². The van der Waals surface area contributed by atoms with Crippen molar-refractivity contribution in [1.29, 1.82) is 0 Å². The number of halogens is 1. The molecule has 1 fully saturated rings. The number of ether oxygens (including phenoxy) is 3. The van der Waals surface area contributed by atoms with Crippen LogP contribution in [0.1, 0.15) is 45.2 Å². The van der Waals surface area contributed by atoms with E-state index < -0.39 is 5.60 Å². The molecule has 1 amide bonds. The van der Waals surface area contributed by atoms with Crippen LogP contribution >= 0.6 is 11.6 Å². The molecule has 5 nitrogen and oxygen atoms in total. The average molecular weight is 524 g/mol. The molecule has 198 valence electrons. The maximum absolute atomic E-state index is 10.7. The monoisotopic (exact) mass is 523 g/mol. The maximum Gasteiger partial charge on any atom is 0.219 e. The molecule has 2 aromatic carbocycles. The van der Waals surface area contributed by atoms with Gasteiger partial charge in [0.2, 0.25) is 5.91 Å². The van der Waals surface area contributed by atoms with Gasteiger partial charge in [-0.3, -0.25) is 4.79 Å². The molecule has 1 aliphatic carbocycles. The van der Waals surface area contributed by atoms with Crippen LogP contribution in [0.25, 0.3) is 0 Å². The number of hydrogen-bond acceptors (Lipinski definition) is 4. The van der Waals surface area contributed by atoms with Crippen molar-refractivity contribution in [1.82, 2.24) is 4.90 Å².